The van der Waals surface area contributed by atoms with Gasteiger partial charge in [-0.25, -0.2) is 4.68 Å². The van der Waals surface area contributed by atoms with Crippen LogP contribution in [0.25, 0.3) is 0 Å². The van der Waals surface area contributed by atoms with Crippen molar-refractivity contribution < 1.29 is 9.53 Å². The summed E-state index contributed by atoms with van der Waals surface area (Å²) in [6.45, 7) is 4.38. The maximum atomic E-state index is 12.8. The van der Waals surface area contributed by atoms with Crippen LogP contribution in [0.2, 0.25) is 0 Å². The molecule has 4 aliphatic rings. The molecular formula is C23H29N3O2. The highest BCUT2D eigenvalue weighted by atomic mass is 16.5. The lowest BCUT2D eigenvalue weighted by Crippen LogP contribution is -2.55. The van der Waals surface area contributed by atoms with Gasteiger partial charge in [-0.05, 0) is 92.9 Å². The summed E-state index contributed by atoms with van der Waals surface area (Å²) in [7, 11) is 0. The standard InChI is InChI=1S/C23H29N3O2/c1-14-3-4-15(2)21(7-14)28-13-26-6-5-20(25-26)23(27)24-22-18-9-16-8-17(11-18)12-19(22)10-16/h3-7,16-19,22H,8-13H2,1-2H3,(H,24,27). The van der Waals surface area contributed by atoms with E-state index in [1.54, 1.807) is 10.7 Å². The summed E-state index contributed by atoms with van der Waals surface area (Å²) in [5.41, 5.74) is 2.74. The van der Waals surface area contributed by atoms with Gasteiger partial charge in [-0.15, -0.1) is 0 Å². The van der Waals surface area contributed by atoms with Gasteiger partial charge < -0.3 is 10.1 Å². The van der Waals surface area contributed by atoms with Crippen LogP contribution < -0.4 is 10.1 Å². The number of hydrogen-bond acceptors (Lipinski definition) is 3. The maximum absolute atomic E-state index is 12.8. The average Bonchev–Trinajstić information content (AvgIpc) is 3.14. The molecule has 5 heteroatoms. The molecule has 5 nitrogen and oxygen atoms in total. The summed E-state index contributed by atoms with van der Waals surface area (Å²) < 4.78 is 7.58. The lowest BCUT2D eigenvalue weighted by Gasteiger charge is -2.54. The van der Waals surface area contributed by atoms with Gasteiger partial charge >= 0.3 is 0 Å². The van der Waals surface area contributed by atoms with Gasteiger partial charge in [0.05, 0.1) is 0 Å². The molecule has 0 radical (unpaired) electrons. The Labute approximate surface area is 166 Å². The molecule has 1 aromatic carbocycles. The van der Waals surface area contributed by atoms with Crippen molar-refractivity contribution in [3.05, 3.63) is 47.3 Å². The molecule has 1 N–H and O–H groups in total. The van der Waals surface area contributed by atoms with E-state index < -0.39 is 0 Å². The number of amides is 1. The summed E-state index contributed by atoms with van der Waals surface area (Å²) in [4.78, 5) is 12.8. The normalized spacial score (nSPS) is 30.4. The van der Waals surface area contributed by atoms with Gasteiger partial charge in [-0.1, -0.05) is 12.1 Å². The third kappa shape index (κ3) is 3.31. The van der Waals surface area contributed by atoms with Gasteiger partial charge in [-0.2, -0.15) is 5.10 Å². The van der Waals surface area contributed by atoms with Crippen LogP contribution in [0.15, 0.2) is 30.5 Å². The lowest BCUT2D eigenvalue weighted by molar-refractivity contribution is -0.0120. The molecule has 0 spiro atoms. The first kappa shape index (κ1) is 17.8. The molecule has 0 saturated heterocycles. The minimum absolute atomic E-state index is 0.0389. The molecule has 1 amide bonds. The van der Waals surface area contributed by atoms with E-state index in [0.717, 1.165) is 28.7 Å². The number of aromatic nitrogens is 2. The molecule has 148 valence electrons. The molecular weight excluding hydrogens is 350 g/mol. The SMILES string of the molecule is Cc1ccc(C)c(OCn2ccc(C(=O)NC3C4CC5CC(C4)CC3C5)n2)c1. The number of rotatable bonds is 5. The third-order valence-electron chi connectivity index (χ3n) is 7.09. The van der Waals surface area contributed by atoms with Gasteiger partial charge in [0.2, 0.25) is 0 Å². The molecule has 0 aliphatic heterocycles. The highest BCUT2D eigenvalue weighted by Gasteiger charge is 2.48. The molecule has 4 bridgehead atoms. The van der Waals surface area contributed by atoms with Crippen LogP contribution in [0, 0.1) is 37.5 Å². The fourth-order valence-corrected chi connectivity index (χ4v) is 5.94. The molecule has 28 heavy (non-hydrogen) atoms. The third-order valence-corrected chi connectivity index (χ3v) is 7.09. The largest absolute Gasteiger partial charge is 0.471 e. The van der Waals surface area contributed by atoms with Gasteiger partial charge in [0.1, 0.15) is 11.4 Å². The Balaban J connectivity index is 1.21. The van der Waals surface area contributed by atoms with Gasteiger partial charge in [0.15, 0.2) is 6.73 Å². The number of nitrogens with zero attached hydrogens (tertiary/aromatic N) is 2. The summed E-state index contributed by atoms with van der Waals surface area (Å²) in [5, 5.41) is 7.77. The first-order valence-corrected chi connectivity index (χ1v) is 10.6. The van der Waals surface area contributed by atoms with Crippen LogP contribution >= 0.6 is 0 Å². The Bertz CT molecular complexity index is 860. The van der Waals surface area contributed by atoms with Crippen molar-refractivity contribution in [2.24, 2.45) is 23.7 Å². The van der Waals surface area contributed by atoms with Gasteiger partial charge in [0.25, 0.3) is 5.91 Å². The predicted octanol–water partition coefficient (Wildman–Crippen LogP) is 4.09. The molecule has 6 rings (SSSR count). The van der Waals surface area contributed by atoms with Gasteiger partial charge in [-0.3, -0.25) is 4.79 Å². The number of carbonyl (C=O) groups is 1. The monoisotopic (exact) mass is 379 g/mol. The number of hydrogen-bond donors (Lipinski definition) is 1. The Morgan fingerprint density at radius 1 is 1.11 bits per heavy atom. The van der Waals surface area contributed by atoms with Crippen LogP contribution in [-0.4, -0.2) is 21.7 Å². The molecule has 0 unspecified atom stereocenters. The van der Waals surface area contributed by atoms with E-state index in [-0.39, 0.29) is 5.91 Å². The smallest absolute Gasteiger partial charge is 0.272 e. The Morgan fingerprint density at radius 3 is 2.54 bits per heavy atom. The zero-order chi connectivity index (χ0) is 19.3. The van der Waals surface area contributed by atoms with Crippen molar-refractivity contribution in [1.29, 1.82) is 0 Å². The minimum Gasteiger partial charge on any atom is -0.471 e. The summed E-state index contributed by atoms with van der Waals surface area (Å²) in [6.07, 6.45) is 8.45. The number of ether oxygens (including phenoxy) is 1. The second kappa shape index (κ2) is 6.94. The van der Waals surface area contributed by atoms with Crippen molar-refractivity contribution in [2.45, 2.75) is 58.7 Å². The average molecular weight is 380 g/mol. The summed E-state index contributed by atoms with van der Waals surface area (Å²) in [5.74, 6) is 4.00. The molecule has 1 heterocycles. The van der Waals surface area contributed by atoms with Crippen molar-refractivity contribution in [3.8, 4) is 5.75 Å². The topological polar surface area (TPSA) is 56.1 Å². The van der Waals surface area contributed by atoms with Crippen LogP contribution in [0.5, 0.6) is 5.75 Å². The lowest BCUT2D eigenvalue weighted by atomic mass is 9.54. The summed E-state index contributed by atoms with van der Waals surface area (Å²) in [6, 6.07) is 8.29. The van der Waals surface area contributed by atoms with E-state index in [9.17, 15) is 4.79 Å². The molecule has 4 saturated carbocycles. The van der Waals surface area contributed by atoms with E-state index in [2.05, 4.69) is 22.5 Å². The van der Waals surface area contributed by atoms with E-state index in [1.165, 1.54) is 32.1 Å². The van der Waals surface area contributed by atoms with Crippen LogP contribution in [0.3, 0.4) is 0 Å². The number of benzene rings is 1. The first-order valence-electron chi connectivity index (χ1n) is 10.6. The zero-order valence-corrected chi connectivity index (χ0v) is 16.7. The predicted molar refractivity (Wildman–Crippen MR) is 107 cm³/mol. The Morgan fingerprint density at radius 2 is 1.82 bits per heavy atom. The minimum atomic E-state index is -0.0389. The van der Waals surface area contributed by atoms with E-state index in [0.29, 0.717) is 30.3 Å². The van der Waals surface area contributed by atoms with Crippen LogP contribution in [0.1, 0.15) is 53.7 Å². The molecule has 2 aromatic rings. The second-order valence-electron chi connectivity index (χ2n) is 9.21. The zero-order valence-electron chi connectivity index (χ0n) is 16.7. The van der Waals surface area contributed by atoms with Crippen LogP contribution in [0.4, 0.5) is 0 Å². The Hall–Kier alpha value is -2.30. The van der Waals surface area contributed by atoms with Crippen molar-refractivity contribution in [3.63, 3.8) is 0 Å². The molecule has 0 atom stereocenters. The highest BCUT2D eigenvalue weighted by molar-refractivity contribution is 5.92. The molecule has 4 fully saturated rings. The fraction of sp³-hybridized carbons (Fsp3) is 0.565. The van der Waals surface area contributed by atoms with Crippen molar-refractivity contribution in [1.82, 2.24) is 15.1 Å². The maximum Gasteiger partial charge on any atom is 0.272 e. The van der Waals surface area contributed by atoms with Crippen molar-refractivity contribution in [2.75, 3.05) is 0 Å². The van der Waals surface area contributed by atoms with E-state index in [4.69, 9.17) is 4.74 Å². The number of aryl methyl sites for hydroxylation is 2. The fourth-order valence-electron chi connectivity index (χ4n) is 5.94. The first-order chi connectivity index (χ1) is 13.5. The molecule has 1 aromatic heterocycles. The van der Waals surface area contributed by atoms with E-state index >= 15 is 0 Å². The van der Waals surface area contributed by atoms with E-state index in [1.807, 2.05) is 26.1 Å². The number of nitrogens with one attached hydrogen (secondary N) is 1. The van der Waals surface area contributed by atoms with Crippen LogP contribution in [-0.2, 0) is 6.73 Å². The summed E-state index contributed by atoms with van der Waals surface area (Å²) >= 11 is 0. The second-order valence-corrected chi connectivity index (χ2v) is 9.21. The van der Waals surface area contributed by atoms with Gasteiger partial charge in [0, 0.05) is 12.2 Å². The number of carbonyl (C=O) groups excluding carboxylic acids is 1. The quantitative estimate of drug-likeness (QED) is 0.851. The Kier molecular flexibility index (Phi) is 4.41. The highest BCUT2D eigenvalue weighted by Crippen LogP contribution is 2.53. The molecule has 4 aliphatic carbocycles. The van der Waals surface area contributed by atoms with Crippen molar-refractivity contribution >= 4 is 5.91 Å².